The first-order valence-electron chi connectivity index (χ1n) is 7.47. The first-order chi connectivity index (χ1) is 8.81. The second kappa shape index (κ2) is 7.10. The molecule has 2 saturated heterocycles. The minimum absolute atomic E-state index is 0.300. The van der Waals surface area contributed by atoms with Gasteiger partial charge in [0.15, 0.2) is 0 Å². The van der Waals surface area contributed by atoms with Gasteiger partial charge in [0.05, 0.1) is 0 Å². The fourth-order valence-corrected chi connectivity index (χ4v) is 3.05. The van der Waals surface area contributed by atoms with Crippen LogP contribution in [0.25, 0.3) is 0 Å². The Labute approximate surface area is 111 Å². The van der Waals surface area contributed by atoms with E-state index in [9.17, 15) is 4.79 Å². The standard InChI is InChI=1S/C14H27N3O/c1-15-7-12-16-10-5-13(6-11-16)14(18)17-8-3-2-4-9-17/h13,15H,2-12H2,1H3. The number of carbonyl (C=O) groups excluding carboxylic acids is 1. The molecule has 104 valence electrons. The molecule has 2 aliphatic rings. The molecule has 0 bridgehead atoms. The predicted molar refractivity (Wildman–Crippen MR) is 73.5 cm³/mol. The Bertz CT molecular complexity index is 256. The van der Waals surface area contributed by atoms with Gasteiger partial charge in [-0.1, -0.05) is 0 Å². The number of likely N-dealkylation sites (tertiary alicyclic amines) is 2. The number of nitrogens with zero attached hydrogens (tertiary/aromatic N) is 2. The van der Waals surface area contributed by atoms with Gasteiger partial charge >= 0.3 is 0 Å². The van der Waals surface area contributed by atoms with E-state index in [2.05, 4.69) is 15.1 Å². The third-order valence-corrected chi connectivity index (χ3v) is 4.28. The van der Waals surface area contributed by atoms with Crippen molar-refractivity contribution in [2.45, 2.75) is 32.1 Å². The van der Waals surface area contributed by atoms with E-state index in [-0.39, 0.29) is 0 Å². The van der Waals surface area contributed by atoms with Crippen LogP contribution in [-0.2, 0) is 4.79 Å². The molecule has 2 aliphatic heterocycles. The van der Waals surface area contributed by atoms with Gasteiger partial charge in [0.25, 0.3) is 0 Å². The number of likely N-dealkylation sites (N-methyl/N-ethyl adjacent to an activating group) is 1. The van der Waals surface area contributed by atoms with Crippen LogP contribution in [0.2, 0.25) is 0 Å². The molecule has 18 heavy (non-hydrogen) atoms. The Hall–Kier alpha value is -0.610. The van der Waals surface area contributed by atoms with Crippen molar-refractivity contribution in [1.82, 2.24) is 15.1 Å². The van der Waals surface area contributed by atoms with Crippen LogP contribution in [-0.4, -0.2) is 62.0 Å². The Kier molecular flexibility index (Phi) is 5.45. The molecule has 0 aromatic heterocycles. The number of amides is 1. The van der Waals surface area contributed by atoms with Gasteiger partial charge in [0, 0.05) is 32.1 Å². The molecule has 0 radical (unpaired) electrons. The van der Waals surface area contributed by atoms with Crippen molar-refractivity contribution in [3.8, 4) is 0 Å². The van der Waals surface area contributed by atoms with E-state index in [4.69, 9.17) is 0 Å². The lowest BCUT2D eigenvalue weighted by atomic mass is 9.94. The third kappa shape index (κ3) is 3.69. The zero-order valence-electron chi connectivity index (χ0n) is 11.7. The summed E-state index contributed by atoms with van der Waals surface area (Å²) in [6.45, 7) is 6.33. The molecule has 0 aromatic rings. The molecule has 0 atom stereocenters. The number of piperidine rings is 2. The van der Waals surface area contributed by atoms with Crippen LogP contribution in [0, 0.1) is 5.92 Å². The molecule has 1 N–H and O–H groups in total. The van der Waals surface area contributed by atoms with Crippen molar-refractivity contribution in [1.29, 1.82) is 0 Å². The summed E-state index contributed by atoms with van der Waals surface area (Å²) in [5.41, 5.74) is 0. The summed E-state index contributed by atoms with van der Waals surface area (Å²) in [6, 6.07) is 0. The van der Waals surface area contributed by atoms with E-state index in [0.717, 1.165) is 52.1 Å². The van der Waals surface area contributed by atoms with Gasteiger partial charge in [0.2, 0.25) is 5.91 Å². The summed E-state index contributed by atoms with van der Waals surface area (Å²) >= 11 is 0. The van der Waals surface area contributed by atoms with Crippen molar-refractivity contribution >= 4 is 5.91 Å². The maximum Gasteiger partial charge on any atom is 0.225 e. The number of nitrogens with one attached hydrogen (secondary N) is 1. The van der Waals surface area contributed by atoms with E-state index in [1.807, 2.05) is 7.05 Å². The molecular formula is C14H27N3O. The van der Waals surface area contributed by atoms with E-state index in [0.29, 0.717) is 11.8 Å². The number of rotatable bonds is 4. The molecule has 0 aromatic carbocycles. The van der Waals surface area contributed by atoms with Crippen LogP contribution >= 0.6 is 0 Å². The summed E-state index contributed by atoms with van der Waals surface area (Å²) in [6.07, 6.45) is 5.81. The Morgan fingerprint density at radius 1 is 1.11 bits per heavy atom. The van der Waals surface area contributed by atoms with E-state index < -0.39 is 0 Å². The minimum Gasteiger partial charge on any atom is -0.342 e. The fourth-order valence-electron chi connectivity index (χ4n) is 3.05. The molecule has 2 fully saturated rings. The SMILES string of the molecule is CNCCN1CCC(C(=O)N2CCCCC2)CC1. The molecule has 2 rings (SSSR count). The van der Waals surface area contributed by atoms with Crippen molar-refractivity contribution in [2.24, 2.45) is 5.92 Å². The average Bonchev–Trinajstić information content (AvgIpc) is 2.46. The molecule has 0 saturated carbocycles. The highest BCUT2D eigenvalue weighted by molar-refractivity contribution is 5.79. The maximum absolute atomic E-state index is 12.4. The van der Waals surface area contributed by atoms with Crippen molar-refractivity contribution in [2.75, 3.05) is 46.3 Å². The van der Waals surface area contributed by atoms with Crippen molar-refractivity contribution in [3.63, 3.8) is 0 Å². The van der Waals surface area contributed by atoms with Crippen molar-refractivity contribution in [3.05, 3.63) is 0 Å². The van der Waals surface area contributed by atoms with Gasteiger partial charge in [-0.15, -0.1) is 0 Å². The molecule has 0 spiro atoms. The lowest BCUT2D eigenvalue weighted by Crippen LogP contribution is -2.45. The molecule has 0 unspecified atom stereocenters. The monoisotopic (exact) mass is 253 g/mol. The lowest BCUT2D eigenvalue weighted by Gasteiger charge is -2.35. The van der Waals surface area contributed by atoms with Gasteiger partial charge in [-0.25, -0.2) is 0 Å². The lowest BCUT2D eigenvalue weighted by molar-refractivity contribution is -0.138. The topological polar surface area (TPSA) is 35.6 Å². The van der Waals surface area contributed by atoms with Crippen LogP contribution in [0.15, 0.2) is 0 Å². The highest BCUT2D eigenvalue weighted by Gasteiger charge is 2.28. The van der Waals surface area contributed by atoms with Crippen LogP contribution in [0.4, 0.5) is 0 Å². The van der Waals surface area contributed by atoms with Gasteiger partial charge in [0.1, 0.15) is 0 Å². The van der Waals surface area contributed by atoms with E-state index in [1.54, 1.807) is 0 Å². The van der Waals surface area contributed by atoms with Gasteiger partial charge in [-0.2, -0.15) is 0 Å². The zero-order valence-corrected chi connectivity index (χ0v) is 11.7. The second-order valence-corrected chi connectivity index (χ2v) is 5.61. The largest absolute Gasteiger partial charge is 0.342 e. The first kappa shape index (κ1) is 13.8. The quantitative estimate of drug-likeness (QED) is 0.809. The molecule has 0 aliphatic carbocycles. The molecule has 4 heteroatoms. The Morgan fingerprint density at radius 2 is 1.78 bits per heavy atom. The highest BCUT2D eigenvalue weighted by atomic mass is 16.2. The van der Waals surface area contributed by atoms with E-state index >= 15 is 0 Å². The average molecular weight is 253 g/mol. The predicted octanol–water partition coefficient (Wildman–Crippen LogP) is 0.930. The van der Waals surface area contributed by atoms with Gasteiger partial charge in [-0.3, -0.25) is 4.79 Å². The van der Waals surface area contributed by atoms with Gasteiger partial charge in [-0.05, 0) is 52.2 Å². The first-order valence-corrected chi connectivity index (χ1v) is 7.47. The summed E-state index contributed by atoms with van der Waals surface area (Å²) in [5.74, 6) is 0.733. The second-order valence-electron chi connectivity index (χ2n) is 5.61. The van der Waals surface area contributed by atoms with Crippen molar-refractivity contribution < 1.29 is 4.79 Å². The van der Waals surface area contributed by atoms with Gasteiger partial charge < -0.3 is 15.1 Å². The Balaban J connectivity index is 1.73. The number of hydrogen-bond donors (Lipinski definition) is 1. The molecule has 1 amide bonds. The van der Waals surface area contributed by atoms with Crippen LogP contribution in [0.5, 0.6) is 0 Å². The highest BCUT2D eigenvalue weighted by Crippen LogP contribution is 2.21. The Morgan fingerprint density at radius 3 is 2.39 bits per heavy atom. The molecule has 2 heterocycles. The normalized spacial score (nSPS) is 23.3. The molecular weight excluding hydrogens is 226 g/mol. The summed E-state index contributed by atoms with van der Waals surface area (Å²) in [5, 5.41) is 3.18. The summed E-state index contributed by atoms with van der Waals surface area (Å²) in [4.78, 5) is 16.9. The van der Waals surface area contributed by atoms with Crippen LogP contribution in [0.3, 0.4) is 0 Å². The smallest absolute Gasteiger partial charge is 0.225 e. The number of carbonyl (C=O) groups is 1. The fraction of sp³-hybridized carbons (Fsp3) is 0.929. The molecule has 4 nitrogen and oxygen atoms in total. The minimum atomic E-state index is 0.300. The van der Waals surface area contributed by atoms with Crippen LogP contribution in [0.1, 0.15) is 32.1 Å². The van der Waals surface area contributed by atoms with Crippen LogP contribution < -0.4 is 5.32 Å². The summed E-state index contributed by atoms with van der Waals surface area (Å²) in [7, 11) is 1.99. The van der Waals surface area contributed by atoms with E-state index in [1.165, 1.54) is 19.3 Å². The summed E-state index contributed by atoms with van der Waals surface area (Å²) < 4.78 is 0. The maximum atomic E-state index is 12.4. The number of hydrogen-bond acceptors (Lipinski definition) is 3. The third-order valence-electron chi connectivity index (χ3n) is 4.28. The zero-order chi connectivity index (χ0) is 12.8.